The van der Waals surface area contributed by atoms with Gasteiger partial charge in [-0.15, -0.1) is 0 Å². The lowest BCUT2D eigenvalue weighted by Crippen LogP contribution is -2.18. The molecule has 0 atom stereocenters. The van der Waals surface area contributed by atoms with Crippen molar-refractivity contribution >= 4 is 11.8 Å². The van der Waals surface area contributed by atoms with Gasteiger partial charge in [0.2, 0.25) is 0 Å². The summed E-state index contributed by atoms with van der Waals surface area (Å²) >= 11 is 1.34. The third kappa shape index (κ3) is 1.37. The van der Waals surface area contributed by atoms with Crippen LogP contribution in [0.5, 0.6) is 0 Å². The fourth-order valence-corrected chi connectivity index (χ4v) is 1.48. The summed E-state index contributed by atoms with van der Waals surface area (Å²) in [6, 6.07) is 0. The molecule has 0 spiro atoms. The predicted molar refractivity (Wildman–Crippen MR) is 53.5 cm³/mol. The van der Waals surface area contributed by atoms with Crippen molar-refractivity contribution in [1.29, 1.82) is 0 Å². The summed E-state index contributed by atoms with van der Waals surface area (Å²) in [6.07, 6.45) is 5.14. The fourth-order valence-electron chi connectivity index (χ4n) is 1.13. The van der Waals surface area contributed by atoms with E-state index in [-0.39, 0.29) is 5.56 Å². The molecule has 6 heteroatoms. The van der Waals surface area contributed by atoms with Crippen molar-refractivity contribution in [2.24, 2.45) is 7.05 Å². The molecule has 0 aromatic heterocycles. The molecule has 0 aromatic rings. The molecule has 0 aromatic carbocycles. The first-order valence-corrected chi connectivity index (χ1v) is 5.18. The van der Waals surface area contributed by atoms with E-state index in [1.165, 1.54) is 11.8 Å². The van der Waals surface area contributed by atoms with Gasteiger partial charge >= 0.3 is 5.56 Å². The minimum atomic E-state index is -0.324. The van der Waals surface area contributed by atoms with E-state index in [1.807, 2.05) is 13.3 Å². The van der Waals surface area contributed by atoms with Crippen LogP contribution in [-0.2, 0) is 7.05 Å². The van der Waals surface area contributed by atoms with Gasteiger partial charge in [0.25, 0.3) is 0 Å². The molecular weight excluding hydrogens is 200 g/mol. The van der Waals surface area contributed by atoms with E-state index in [4.69, 9.17) is 0 Å². The summed E-state index contributed by atoms with van der Waals surface area (Å²) in [5.74, 6) is 0.567. The average Bonchev–Trinajstić information content (AvgIpc) is 2.19. The zero-order valence-electron chi connectivity index (χ0n) is 7.76. The molecule has 0 N–H and O–H groups in total. The van der Waals surface area contributed by atoms with Gasteiger partial charge < -0.3 is 4.57 Å². The predicted octanol–water partition coefficient (Wildman–Crippen LogP) is 0.397. The van der Waals surface area contributed by atoms with Crippen LogP contribution < -0.4 is 5.56 Å². The van der Waals surface area contributed by atoms with Crippen LogP contribution in [0.25, 0.3) is 11.5 Å². The van der Waals surface area contributed by atoms with Crippen molar-refractivity contribution in [2.75, 3.05) is 6.26 Å². The molecular formula is C8H8N4OS. The van der Waals surface area contributed by atoms with Crippen LogP contribution >= 0.6 is 11.8 Å². The third-order valence-corrected chi connectivity index (χ3v) is 2.37. The highest BCUT2D eigenvalue weighted by molar-refractivity contribution is 7.98. The second-order valence-corrected chi connectivity index (χ2v) is 3.50. The Morgan fingerprint density at radius 2 is 2.21 bits per heavy atom. The second-order valence-electron chi connectivity index (χ2n) is 2.73. The monoisotopic (exact) mass is 208 g/mol. The van der Waals surface area contributed by atoms with Crippen molar-refractivity contribution in [3.8, 4) is 11.5 Å². The molecule has 0 aliphatic carbocycles. The maximum atomic E-state index is 11.5. The smallest absolute Gasteiger partial charge is 0.301 e. The normalized spacial score (nSPS) is 10.7. The van der Waals surface area contributed by atoms with Gasteiger partial charge in [0.1, 0.15) is 0 Å². The number of aryl methyl sites for hydroxylation is 1. The summed E-state index contributed by atoms with van der Waals surface area (Å²) in [7, 11) is 1.82. The molecule has 0 unspecified atom stereocenters. The average molecular weight is 208 g/mol. The summed E-state index contributed by atoms with van der Waals surface area (Å²) in [5.41, 5.74) is -0.0108. The van der Waals surface area contributed by atoms with E-state index in [1.54, 1.807) is 17.0 Å². The van der Waals surface area contributed by atoms with E-state index in [0.29, 0.717) is 16.7 Å². The number of aromatic nitrogens is 4. The summed E-state index contributed by atoms with van der Waals surface area (Å²) in [5, 5.41) is 0.478. The Morgan fingerprint density at radius 3 is 2.93 bits per heavy atom. The maximum absolute atomic E-state index is 11.5. The first-order chi connectivity index (χ1) is 6.72. The molecule has 0 bridgehead atoms. The Morgan fingerprint density at radius 1 is 1.43 bits per heavy atom. The van der Waals surface area contributed by atoms with Crippen molar-refractivity contribution in [3.63, 3.8) is 0 Å². The van der Waals surface area contributed by atoms with Crippen LogP contribution in [0.4, 0.5) is 0 Å². The summed E-state index contributed by atoms with van der Waals surface area (Å²) in [4.78, 5) is 23.4. The van der Waals surface area contributed by atoms with Crippen LogP contribution in [0.15, 0.2) is 22.3 Å². The van der Waals surface area contributed by atoms with Gasteiger partial charge in [-0.3, -0.25) is 4.79 Å². The lowest BCUT2D eigenvalue weighted by atomic mass is 10.4. The quantitative estimate of drug-likeness (QED) is 0.501. The first kappa shape index (κ1) is 9.14. The summed E-state index contributed by atoms with van der Waals surface area (Å²) in [6.45, 7) is 0. The molecule has 14 heavy (non-hydrogen) atoms. The molecule has 2 rings (SSSR count). The van der Waals surface area contributed by atoms with E-state index < -0.39 is 0 Å². The third-order valence-electron chi connectivity index (χ3n) is 1.82. The Kier molecular flexibility index (Phi) is 2.20. The van der Waals surface area contributed by atoms with E-state index in [2.05, 4.69) is 15.0 Å². The van der Waals surface area contributed by atoms with E-state index in [0.717, 1.165) is 0 Å². The van der Waals surface area contributed by atoms with Crippen LogP contribution in [0.1, 0.15) is 0 Å². The standard InChI is InChI=1S/C8H8N4OS/c1-12-4-3-9-5-6(12)10-8(14-2)11-7(5)13/h3-4H,1-2H3. The van der Waals surface area contributed by atoms with Crippen molar-refractivity contribution in [2.45, 2.75) is 5.16 Å². The van der Waals surface area contributed by atoms with E-state index >= 15 is 0 Å². The van der Waals surface area contributed by atoms with Crippen LogP contribution in [0.3, 0.4) is 0 Å². The molecule has 2 aliphatic heterocycles. The summed E-state index contributed by atoms with van der Waals surface area (Å²) < 4.78 is 1.76. The lowest BCUT2D eigenvalue weighted by molar-refractivity contribution is 0.805. The number of rotatable bonds is 1. The molecule has 5 nitrogen and oxygen atoms in total. The number of hydrogen-bond acceptors (Lipinski definition) is 5. The number of hydrogen-bond donors (Lipinski definition) is 0. The van der Waals surface area contributed by atoms with Gasteiger partial charge in [-0.05, 0) is 6.26 Å². The lowest BCUT2D eigenvalue weighted by Gasteiger charge is -2.07. The van der Waals surface area contributed by atoms with Gasteiger partial charge in [0.15, 0.2) is 16.7 Å². The number of nitrogens with zero attached hydrogens (tertiary/aromatic N) is 4. The zero-order chi connectivity index (χ0) is 10.1. The van der Waals surface area contributed by atoms with Crippen LogP contribution in [0, 0.1) is 0 Å². The zero-order valence-corrected chi connectivity index (χ0v) is 8.58. The van der Waals surface area contributed by atoms with Crippen LogP contribution in [0.2, 0.25) is 0 Å². The van der Waals surface area contributed by atoms with Gasteiger partial charge in [-0.2, -0.15) is 4.98 Å². The molecule has 2 aliphatic rings. The van der Waals surface area contributed by atoms with Gasteiger partial charge in [-0.1, -0.05) is 11.8 Å². The first-order valence-electron chi connectivity index (χ1n) is 3.96. The van der Waals surface area contributed by atoms with Gasteiger partial charge in [0, 0.05) is 19.4 Å². The number of thioether (sulfide) groups is 1. The molecule has 0 saturated carbocycles. The highest BCUT2D eigenvalue weighted by Crippen LogP contribution is 2.13. The molecule has 0 saturated heterocycles. The highest BCUT2D eigenvalue weighted by Gasteiger charge is 2.13. The highest BCUT2D eigenvalue weighted by atomic mass is 32.2. The minimum Gasteiger partial charge on any atom is -0.333 e. The molecule has 72 valence electrons. The van der Waals surface area contributed by atoms with Crippen LogP contribution in [-0.4, -0.2) is 25.8 Å². The SMILES string of the molecule is CSc1nc2n(C)ccnc-2c(=O)n1. The molecule has 2 heterocycles. The van der Waals surface area contributed by atoms with Gasteiger partial charge in [0.05, 0.1) is 0 Å². The van der Waals surface area contributed by atoms with Crippen molar-refractivity contribution < 1.29 is 0 Å². The van der Waals surface area contributed by atoms with Crippen molar-refractivity contribution in [1.82, 2.24) is 19.5 Å². The van der Waals surface area contributed by atoms with Gasteiger partial charge in [-0.25, -0.2) is 9.97 Å². The minimum absolute atomic E-state index is 0.313. The number of fused-ring (bicyclic) bond motifs is 1. The maximum Gasteiger partial charge on any atom is 0.301 e. The largest absolute Gasteiger partial charge is 0.333 e. The topological polar surface area (TPSA) is 60.7 Å². The molecule has 0 amide bonds. The van der Waals surface area contributed by atoms with E-state index in [9.17, 15) is 4.79 Å². The Hall–Kier alpha value is -1.43. The fraction of sp³-hybridized carbons (Fsp3) is 0.250. The molecule has 0 radical (unpaired) electrons. The van der Waals surface area contributed by atoms with Crippen molar-refractivity contribution in [3.05, 3.63) is 22.7 Å². The Balaban J connectivity index is 2.83. The second kappa shape index (κ2) is 3.38. The Bertz CT molecular complexity index is 495. The Labute approximate surface area is 84.6 Å². The molecule has 0 fully saturated rings.